The minimum Gasteiger partial charge on any atom is -0.377 e. The third kappa shape index (κ3) is 6.16. The molecule has 15 heavy (non-hydrogen) atoms. The number of hydrogen-bond donors (Lipinski definition) is 1. The van der Waals surface area contributed by atoms with Crippen molar-refractivity contribution in [1.82, 2.24) is 5.32 Å². The van der Waals surface area contributed by atoms with Crippen LogP contribution in [0.4, 0.5) is 0 Å². The van der Waals surface area contributed by atoms with E-state index >= 15 is 0 Å². The maximum atomic E-state index is 5.71. The van der Waals surface area contributed by atoms with Gasteiger partial charge in [0, 0.05) is 12.6 Å². The van der Waals surface area contributed by atoms with E-state index in [4.69, 9.17) is 4.74 Å². The molecule has 0 fully saturated rings. The first-order valence-electron chi connectivity index (χ1n) is 6.52. The van der Waals surface area contributed by atoms with Crippen LogP contribution in [0, 0.1) is 5.92 Å². The van der Waals surface area contributed by atoms with E-state index in [0.29, 0.717) is 18.1 Å². The van der Waals surface area contributed by atoms with Crippen molar-refractivity contribution in [2.45, 2.75) is 66.0 Å². The van der Waals surface area contributed by atoms with Gasteiger partial charge in [0.2, 0.25) is 0 Å². The largest absolute Gasteiger partial charge is 0.377 e. The Labute approximate surface area is 95.8 Å². The van der Waals surface area contributed by atoms with Crippen molar-refractivity contribution < 1.29 is 4.74 Å². The molecule has 92 valence electrons. The topological polar surface area (TPSA) is 21.3 Å². The average Bonchev–Trinajstić information content (AvgIpc) is 2.19. The molecular formula is C13H29NO. The Morgan fingerprint density at radius 3 is 2.20 bits per heavy atom. The molecular weight excluding hydrogens is 186 g/mol. The highest BCUT2D eigenvalue weighted by Crippen LogP contribution is 2.15. The normalized spacial score (nSPS) is 17.4. The smallest absolute Gasteiger partial charge is 0.0702 e. The summed E-state index contributed by atoms with van der Waals surface area (Å²) in [4.78, 5) is 0. The molecule has 0 rings (SSSR count). The molecule has 0 aromatic carbocycles. The Bertz CT molecular complexity index is 126. The highest BCUT2D eigenvalue weighted by atomic mass is 16.5. The fourth-order valence-electron chi connectivity index (χ4n) is 2.14. The molecule has 0 heterocycles. The van der Waals surface area contributed by atoms with Gasteiger partial charge in [-0.15, -0.1) is 0 Å². The van der Waals surface area contributed by atoms with Gasteiger partial charge in [-0.25, -0.2) is 0 Å². The summed E-state index contributed by atoms with van der Waals surface area (Å²) in [5, 5.41) is 3.61. The van der Waals surface area contributed by atoms with E-state index in [1.165, 1.54) is 19.3 Å². The van der Waals surface area contributed by atoms with E-state index in [2.05, 4.69) is 39.9 Å². The summed E-state index contributed by atoms with van der Waals surface area (Å²) in [6.07, 6.45) is 4.04. The molecule has 2 heteroatoms. The second kappa shape index (κ2) is 9.17. The molecule has 0 aliphatic rings. The molecule has 3 atom stereocenters. The Kier molecular flexibility index (Phi) is 9.12. The summed E-state index contributed by atoms with van der Waals surface area (Å²) >= 11 is 0. The number of hydrogen-bond acceptors (Lipinski definition) is 2. The van der Waals surface area contributed by atoms with Gasteiger partial charge < -0.3 is 10.1 Å². The van der Waals surface area contributed by atoms with Gasteiger partial charge in [-0.05, 0) is 39.2 Å². The average molecular weight is 215 g/mol. The molecule has 1 N–H and O–H groups in total. The number of rotatable bonds is 9. The van der Waals surface area contributed by atoms with Crippen LogP contribution in [-0.2, 0) is 4.74 Å². The summed E-state index contributed by atoms with van der Waals surface area (Å²) in [6, 6.07) is 0.504. The Morgan fingerprint density at radius 2 is 1.73 bits per heavy atom. The Morgan fingerprint density at radius 1 is 1.07 bits per heavy atom. The minimum atomic E-state index is 0.322. The van der Waals surface area contributed by atoms with Crippen molar-refractivity contribution >= 4 is 0 Å². The lowest BCUT2D eigenvalue weighted by atomic mass is 9.93. The van der Waals surface area contributed by atoms with Crippen LogP contribution in [0.1, 0.15) is 53.9 Å². The molecule has 0 aliphatic carbocycles. The number of ether oxygens (including phenoxy) is 1. The first kappa shape index (κ1) is 14.9. The highest BCUT2D eigenvalue weighted by molar-refractivity contribution is 4.79. The second-order valence-electron chi connectivity index (χ2n) is 4.41. The zero-order chi connectivity index (χ0) is 11.7. The van der Waals surface area contributed by atoms with E-state index in [9.17, 15) is 0 Å². The predicted molar refractivity (Wildman–Crippen MR) is 67.2 cm³/mol. The lowest BCUT2D eigenvalue weighted by molar-refractivity contribution is 0.0311. The Balaban J connectivity index is 4.14. The van der Waals surface area contributed by atoms with Crippen LogP contribution in [0.3, 0.4) is 0 Å². The fourth-order valence-corrected chi connectivity index (χ4v) is 2.14. The van der Waals surface area contributed by atoms with Gasteiger partial charge in [-0.1, -0.05) is 27.2 Å². The zero-order valence-corrected chi connectivity index (χ0v) is 11.2. The summed E-state index contributed by atoms with van der Waals surface area (Å²) in [7, 11) is 0. The quantitative estimate of drug-likeness (QED) is 0.637. The van der Waals surface area contributed by atoms with Gasteiger partial charge >= 0.3 is 0 Å². The van der Waals surface area contributed by atoms with E-state index in [-0.39, 0.29) is 0 Å². The van der Waals surface area contributed by atoms with Gasteiger partial charge in [-0.2, -0.15) is 0 Å². The van der Waals surface area contributed by atoms with E-state index in [1.807, 2.05) is 0 Å². The van der Waals surface area contributed by atoms with Crippen LogP contribution in [0.15, 0.2) is 0 Å². The van der Waals surface area contributed by atoms with Crippen LogP contribution < -0.4 is 5.32 Å². The van der Waals surface area contributed by atoms with Crippen LogP contribution in [0.5, 0.6) is 0 Å². The molecule has 0 aromatic rings. The maximum absolute atomic E-state index is 5.71. The van der Waals surface area contributed by atoms with Crippen molar-refractivity contribution in [3.05, 3.63) is 0 Å². The fraction of sp³-hybridized carbons (Fsp3) is 1.00. The van der Waals surface area contributed by atoms with Gasteiger partial charge in [0.1, 0.15) is 0 Å². The SMILES string of the molecule is CCCNC(C(C)CCC)C(C)OCC. The van der Waals surface area contributed by atoms with Crippen molar-refractivity contribution in [1.29, 1.82) is 0 Å². The molecule has 3 unspecified atom stereocenters. The summed E-state index contributed by atoms with van der Waals surface area (Å²) in [5.41, 5.74) is 0. The minimum absolute atomic E-state index is 0.322. The molecule has 2 nitrogen and oxygen atoms in total. The molecule has 0 saturated heterocycles. The van der Waals surface area contributed by atoms with Crippen molar-refractivity contribution in [2.24, 2.45) is 5.92 Å². The second-order valence-corrected chi connectivity index (χ2v) is 4.41. The lowest BCUT2D eigenvalue weighted by Gasteiger charge is -2.30. The first-order valence-corrected chi connectivity index (χ1v) is 6.52. The number of nitrogens with one attached hydrogen (secondary N) is 1. The predicted octanol–water partition coefficient (Wildman–Crippen LogP) is 3.22. The maximum Gasteiger partial charge on any atom is 0.0702 e. The molecule has 0 spiro atoms. The zero-order valence-electron chi connectivity index (χ0n) is 11.2. The van der Waals surface area contributed by atoms with Crippen molar-refractivity contribution in [3.8, 4) is 0 Å². The monoisotopic (exact) mass is 215 g/mol. The van der Waals surface area contributed by atoms with Crippen LogP contribution in [-0.4, -0.2) is 25.3 Å². The van der Waals surface area contributed by atoms with Gasteiger partial charge in [0.05, 0.1) is 6.10 Å². The highest BCUT2D eigenvalue weighted by Gasteiger charge is 2.22. The molecule has 0 bridgehead atoms. The van der Waals surface area contributed by atoms with Crippen LogP contribution in [0.2, 0.25) is 0 Å². The molecule has 0 amide bonds. The Hall–Kier alpha value is -0.0800. The standard InChI is InChI=1S/C13H29NO/c1-6-9-11(4)13(14-10-7-2)12(5)15-8-3/h11-14H,6-10H2,1-5H3. The van der Waals surface area contributed by atoms with E-state index in [1.54, 1.807) is 0 Å². The molecule has 0 aromatic heterocycles. The molecule has 0 aliphatic heterocycles. The molecule has 0 saturated carbocycles. The van der Waals surface area contributed by atoms with E-state index in [0.717, 1.165) is 13.2 Å². The van der Waals surface area contributed by atoms with Gasteiger partial charge in [0.15, 0.2) is 0 Å². The summed E-state index contributed by atoms with van der Waals surface area (Å²) < 4.78 is 5.71. The van der Waals surface area contributed by atoms with Crippen LogP contribution in [0.25, 0.3) is 0 Å². The summed E-state index contributed by atoms with van der Waals surface area (Å²) in [6.45, 7) is 12.9. The van der Waals surface area contributed by atoms with Crippen molar-refractivity contribution in [3.63, 3.8) is 0 Å². The van der Waals surface area contributed by atoms with Gasteiger partial charge in [0.25, 0.3) is 0 Å². The first-order chi connectivity index (χ1) is 7.17. The van der Waals surface area contributed by atoms with Gasteiger partial charge in [-0.3, -0.25) is 0 Å². The van der Waals surface area contributed by atoms with Crippen LogP contribution >= 0.6 is 0 Å². The third-order valence-electron chi connectivity index (χ3n) is 2.92. The lowest BCUT2D eigenvalue weighted by Crippen LogP contribution is -2.44. The summed E-state index contributed by atoms with van der Waals surface area (Å²) in [5.74, 6) is 0.697. The third-order valence-corrected chi connectivity index (χ3v) is 2.92. The van der Waals surface area contributed by atoms with E-state index < -0.39 is 0 Å². The molecule has 0 radical (unpaired) electrons. The van der Waals surface area contributed by atoms with Crippen molar-refractivity contribution in [2.75, 3.05) is 13.2 Å².